The van der Waals surface area contributed by atoms with Gasteiger partial charge in [-0.05, 0) is 37.1 Å². The van der Waals surface area contributed by atoms with Crippen molar-refractivity contribution in [3.05, 3.63) is 35.4 Å². The summed E-state index contributed by atoms with van der Waals surface area (Å²) in [5.41, 5.74) is 2.39. The molecule has 0 saturated heterocycles. The third kappa shape index (κ3) is 3.77. The Morgan fingerprint density at radius 2 is 1.86 bits per heavy atom. The zero-order chi connectivity index (χ0) is 15.6. The molecule has 0 fully saturated rings. The van der Waals surface area contributed by atoms with Crippen LogP contribution < -0.4 is 5.32 Å². The lowest BCUT2D eigenvalue weighted by Gasteiger charge is -2.42. The number of nitrogens with zero attached hydrogens (tertiary/aromatic N) is 1. The predicted octanol–water partition coefficient (Wildman–Crippen LogP) is 3.71. The van der Waals surface area contributed by atoms with E-state index in [2.05, 4.69) is 18.3 Å². The number of hydrogen-bond donors (Lipinski definition) is 1. The lowest BCUT2D eigenvalue weighted by molar-refractivity contribution is -0.149. The van der Waals surface area contributed by atoms with Crippen molar-refractivity contribution < 1.29 is 13.2 Å². The molecule has 0 aromatic heterocycles. The summed E-state index contributed by atoms with van der Waals surface area (Å²) in [4.78, 5) is 1.44. The van der Waals surface area contributed by atoms with Crippen LogP contribution in [-0.2, 0) is 0 Å². The van der Waals surface area contributed by atoms with E-state index in [1.54, 1.807) is 7.05 Å². The standard InChI is InChI=1S/C16H23F3N2/c1-4-20-15-13-8-6-5-7-12(13)11(2)9-14(15)21(3)10-16(17,18)19/h5-8,11,14-15,20H,4,9-10H2,1-3H3. The Morgan fingerprint density at radius 3 is 2.43 bits per heavy atom. The molecule has 1 aliphatic rings. The van der Waals surface area contributed by atoms with E-state index in [4.69, 9.17) is 0 Å². The lowest BCUT2D eigenvalue weighted by atomic mass is 9.77. The summed E-state index contributed by atoms with van der Waals surface area (Å²) in [7, 11) is 1.57. The van der Waals surface area contributed by atoms with Crippen molar-refractivity contribution in [1.29, 1.82) is 0 Å². The third-order valence-electron chi connectivity index (χ3n) is 4.26. The van der Waals surface area contributed by atoms with Crippen molar-refractivity contribution in [2.45, 2.75) is 44.4 Å². The number of benzene rings is 1. The maximum Gasteiger partial charge on any atom is 0.401 e. The van der Waals surface area contributed by atoms with E-state index in [0.29, 0.717) is 0 Å². The van der Waals surface area contributed by atoms with Crippen molar-refractivity contribution in [3.8, 4) is 0 Å². The molecule has 1 aliphatic carbocycles. The van der Waals surface area contributed by atoms with Gasteiger partial charge < -0.3 is 5.32 Å². The fourth-order valence-electron chi connectivity index (χ4n) is 3.38. The average Bonchev–Trinajstić information content (AvgIpc) is 2.40. The molecule has 1 N–H and O–H groups in total. The van der Waals surface area contributed by atoms with Crippen LogP contribution in [0.5, 0.6) is 0 Å². The molecule has 2 rings (SSSR count). The summed E-state index contributed by atoms with van der Waals surface area (Å²) in [6, 6.07) is 7.89. The van der Waals surface area contributed by atoms with Gasteiger partial charge in [0.05, 0.1) is 6.54 Å². The van der Waals surface area contributed by atoms with Crippen LogP contribution in [0, 0.1) is 0 Å². The Hall–Kier alpha value is -1.07. The molecule has 0 saturated carbocycles. The van der Waals surface area contributed by atoms with Crippen LogP contribution in [0.2, 0.25) is 0 Å². The molecule has 0 spiro atoms. The number of fused-ring (bicyclic) bond motifs is 1. The first kappa shape index (κ1) is 16.3. The van der Waals surface area contributed by atoms with Gasteiger partial charge >= 0.3 is 6.18 Å². The molecule has 0 heterocycles. The minimum Gasteiger partial charge on any atom is -0.309 e. The highest BCUT2D eigenvalue weighted by Gasteiger charge is 2.39. The van der Waals surface area contributed by atoms with Gasteiger partial charge in [-0.25, -0.2) is 0 Å². The van der Waals surface area contributed by atoms with E-state index < -0.39 is 12.7 Å². The molecule has 3 unspecified atom stereocenters. The van der Waals surface area contributed by atoms with Crippen molar-refractivity contribution >= 4 is 0 Å². The molecule has 3 atom stereocenters. The monoisotopic (exact) mass is 300 g/mol. The van der Waals surface area contributed by atoms with Crippen LogP contribution >= 0.6 is 0 Å². The summed E-state index contributed by atoms with van der Waals surface area (Å²) in [5, 5.41) is 3.37. The minimum atomic E-state index is -4.16. The number of rotatable bonds is 4. The fraction of sp³-hybridized carbons (Fsp3) is 0.625. The first-order valence-corrected chi connectivity index (χ1v) is 7.42. The van der Waals surface area contributed by atoms with Crippen LogP contribution in [0.15, 0.2) is 24.3 Å². The predicted molar refractivity (Wildman–Crippen MR) is 78.4 cm³/mol. The van der Waals surface area contributed by atoms with Gasteiger partial charge in [0.25, 0.3) is 0 Å². The molecule has 21 heavy (non-hydrogen) atoms. The maximum absolute atomic E-state index is 12.7. The summed E-state index contributed by atoms with van der Waals surface area (Å²) >= 11 is 0. The topological polar surface area (TPSA) is 15.3 Å². The highest BCUT2D eigenvalue weighted by atomic mass is 19.4. The van der Waals surface area contributed by atoms with Crippen molar-refractivity contribution in [2.24, 2.45) is 0 Å². The largest absolute Gasteiger partial charge is 0.401 e. The summed E-state index contributed by atoms with van der Waals surface area (Å²) in [6.07, 6.45) is -3.42. The van der Waals surface area contributed by atoms with Gasteiger partial charge in [0.2, 0.25) is 0 Å². The van der Waals surface area contributed by atoms with Crippen molar-refractivity contribution in [1.82, 2.24) is 10.2 Å². The molecule has 5 heteroatoms. The van der Waals surface area contributed by atoms with E-state index >= 15 is 0 Å². The van der Waals surface area contributed by atoms with E-state index in [1.165, 1.54) is 10.5 Å². The first-order valence-electron chi connectivity index (χ1n) is 7.42. The van der Waals surface area contributed by atoms with Gasteiger partial charge in [0.1, 0.15) is 0 Å². The Labute approximate surface area is 124 Å². The number of alkyl halides is 3. The van der Waals surface area contributed by atoms with Crippen LogP contribution in [0.3, 0.4) is 0 Å². The van der Waals surface area contributed by atoms with Crippen molar-refractivity contribution in [2.75, 3.05) is 20.1 Å². The Balaban J connectivity index is 2.29. The lowest BCUT2D eigenvalue weighted by Crippen LogP contribution is -2.49. The summed E-state index contributed by atoms with van der Waals surface area (Å²) in [6.45, 7) is 3.95. The van der Waals surface area contributed by atoms with Crippen LogP contribution in [-0.4, -0.2) is 37.3 Å². The molecule has 0 amide bonds. The van der Waals surface area contributed by atoms with Gasteiger partial charge in [-0.15, -0.1) is 0 Å². The van der Waals surface area contributed by atoms with Crippen LogP contribution in [0.1, 0.15) is 43.4 Å². The molecule has 1 aromatic carbocycles. The zero-order valence-corrected chi connectivity index (χ0v) is 12.7. The first-order chi connectivity index (χ1) is 9.83. The van der Waals surface area contributed by atoms with Crippen molar-refractivity contribution in [3.63, 3.8) is 0 Å². The van der Waals surface area contributed by atoms with Gasteiger partial charge in [-0.2, -0.15) is 13.2 Å². The van der Waals surface area contributed by atoms with E-state index in [-0.39, 0.29) is 18.0 Å². The van der Waals surface area contributed by atoms with E-state index in [0.717, 1.165) is 18.5 Å². The smallest absolute Gasteiger partial charge is 0.309 e. The second kappa shape index (κ2) is 6.36. The van der Waals surface area contributed by atoms with Gasteiger partial charge in [0, 0.05) is 12.1 Å². The molecule has 0 aliphatic heterocycles. The highest BCUT2D eigenvalue weighted by molar-refractivity contribution is 5.36. The Bertz CT molecular complexity index is 473. The second-order valence-corrected chi connectivity index (χ2v) is 5.90. The minimum absolute atomic E-state index is 0.0465. The highest BCUT2D eigenvalue weighted by Crippen LogP contribution is 2.39. The quantitative estimate of drug-likeness (QED) is 0.912. The molecule has 118 valence electrons. The molecule has 0 bridgehead atoms. The SMILES string of the molecule is CCNC1c2ccccc2C(C)CC1N(C)CC(F)(F)F. The number of halogens is 3. The molecule has 0 radical (unpaired) electrons. The second-order valence-electron chi connectivity index (χ2n) is 5.90. The zero-order valence-electron chi connectivity index (χ0n) is 12.7. The summed E-state index contributed by atoms with van der Waals surface area (Å²) in [5.74, 6) is 0.275. The van der Waals surface area contributed by atoms with Gasteiger partial charge in [-0.3, -0.25) is 4.90 Å². The number of likely N-dealkylation sites (N-methyl/N-ethyl adjacent to an activating group) is 2. The van der Waals surface area contributed by atoms with Gasteiger partial charge in [0.15, 0.2) is 0 Å². The molecule has 1 aromatic rings. The fourth-order valence-corrected chi connectivity index (χ4v) is 3.38. The normalized spacial score (nSPS) is 26.0. The third-order valence-corrected chi connectivity index (χ3v) is 4.26. The van der Waals surface area contributed by atoms with Crippen LogP contribution in [0.25, 0.3) is 0 Å². The van der Waals surface area contributed by atoms with Gasteiger partial charge in [-0.1, -0.05) is 38.1 Å². The molecule has 2 nitrogen and oxygen atoms in total. The Morgan fingerprint density at radius 1 is 1.24 bits per heavy atom. The van der Waals surface area contributed by atoms with Crippen LogP contribution in [0.4, 0.5) is 13.2 Å². The Kier molecular flexibility index (Phi) is 4.94. The average molecular weight is 300 g/mol. The molecular formula is C16H23F3N2. The maximum atomic E-state index is 12.7. The van der Waals surface area contributed by atoms with E-state index in [1.807, 2.05) is 25.1 Å². The summed E-state index contributed by atoms with van der Waals surface area (Å²) < 4.78 is 38.1. The number of nitrogens with one attached hydrogen (secondary N) is 1. The van der Waals surface area contributed by atoms with E-state index in [9.17, 15) is 13.2 Å². The molecular weight excluding hydrogens is 277 g/mol. The number of hydrogen-bond acceptors (Lipinski definition) is 2.